The zero-order valence-electron chi connectivity index (χ0n) is 10.4. The third-order valence-electron chi connectivity index (χ3n) is 3.48. The van der Waals surface area contributed by atoms with E-state index in [1.807, 2.05) is 18.2 Å². The van der Waals surface area contributed by atoms with Crippen molar-refractivity contribution in [2.45, 2.75) is 25.8 Å². The predicted molar refractivity (Wildman–Crippen MR) is 72.5 cm³/mol. The molecule has 1 heterocycles. The summed E-state index contributed by atoms with van der Waals surface area (Å²) in [4.78, 5) is 6.71. The second-order valence-electron chi connectivity index (χ2n) is 4.67. The summed E-state index contributed by atoms with van der Waals surface area (Å²) in [7, 11) is 0. The molecule has 0 radical (unpaired) electrons. The number of hydrogen-bond acceptors (Lipinski definition) is 3. The Balaban J connectivity index is 2.26. The summed E-state index contributed by atoms with van der Waals surface area (Å²) in [6.45, 7) is 3.09. The van der Waals surface area contributed by atoms with Gasteiger partial charge >= 0.3 is 0 Å². The highest BCUT2D eigenvalue weighted by molar-refractivity contribution is 5.94. The number of hydrogen-bond donors (Lipinski definition) is 0. The van der Waals surface area contributed by atoms with Gasteiger partial charge in [-0.1, -0.05) is 18.2 Å². The highest BCUT2D eigenvalue weighted by Gasteiger charge is 2.30. The van der Waals surface area contributed by atoms with Crippen LogP contribution in [0.4, 0.5) is 5.69 Å². The molecule has 18 heavy (non-hydrogen) atoms. The number of nitrogens with zero attached hydrogens (tertiary/aromatic N) is 3. The van der Waals surface area contributed by atoms with E-state index < -0.39 is 0 Å². The van der Waals surface area contributed by atoms with Crippen LogP contribution in [-0.4, -0.2) is 17.6 Å². The lowest BCUT2D eigenvalue weighted by Gasteiger charge is -2.25. The lowest BCUT2D eigenvalue weighted by molar-refractivity contribution is 0.828. The van der Waals surface area contributed by atoms with Crippen molar-refractivity contribution >= 4 is 16.6 Å². The molecule has 1 fully saturated rings. The van der Waals surface area contributed by atoms with Gasteiger partial charge in [-0.15, -0.1) is 0 Å². The first-order valence-corrected chi connectivity index (χ1v) is 6.39. The molecule has 3 nitrogen and oxygen atoms in total. The van der Waals surface area contributed by atoms with Crippen LogP contribution in [0.25, 0.3) is 10.9 Å². The van der Waals surface area contributed by atoms with Crippen LogP contribution in [-0.2, 0) is 0 Å². The fourth-order valence-electron chi connectivity index (χ4n) is 2.50. The molecule has 1 aliphatic carbocycles. The average molecular weight is 237 g/mol. The van der Waals surface area contributed by atoms with Gasteiger partial charge in [0.05, 0.1) is 16.8 Å². The van der Waals surface area contributed by atoms with Crippen LogP contribution >= 0.6 is 0 Å². The summed E-state index contributed by atoms with van der Waals surface area (Å²) in [6.07, 6.45) is 4.16. The molecule has 0 saturated heterocycles. The van der Waals surface area contributed by atoms with Crippen molar-refractivity contribution in [3.05, 3.63) is 36.0 Å². The second-order valence-corrected chi connectivity index (χ2v) is 4.67. The summed E-state index contributed by atoms with van der Waals surface area (Å²) in [5.41, 5.74) is 2.71. The molecule has 0 amide bonds. The molecule has 3 heteroatoms. The number of pyridine rings is 1. The van der Waals surface area contributed by atoms with Gasteiger partial charge in [-0.2, -0.15) is 5.26 Å². The molecular weight excluding hydrogens is 222 g/mol. The Bertz CT molecular complexity index is 623. The monoisotopic (exact) mass is 237 g/mol. The van der Waals surface area contributed by atoms with Crippen molar-refractivity contribution in [2.75, 3.05) is 11.4 Å². The van der Waals surface area contributed by atoms with E-state index in [9.17, 15) is 5.26 Å². The second kappa shape index (κ2) is 4.30. The van der Waals surface area contributed by atoms with Crippen LogP contribution in [0.5, 0.6) is 0 Å². The summed E-state index contributed by atoms with van der Waals surface area (Å²) in [5.74, 6) is 0. The number of para-hydroxylation sites is 1. The summed E-state index contributed by atoms with van der Waals surface area (Å²) < 4.78 is 0. The zero-order chi connectivity index (χ0) is 12.5. The Morgan fingerprint density at radius 3 is 2.83 bits per heavy atom. The van der Waals surface area contributed by atoms with E-state index in [0.29, 0.717) is 11.6 Å². The molecule has 0 N–H and O–H groups in total. The van der Waals surface area contributed by atoms with Gasteiger partial charge in [0.25, 0.3) is 0 Å². The molecule has 90 valence electrons. The zero-order valence-corrected chi connectivity index (χ0v) is 10.4. The van der Waals surface area contributed by atoms with Gasteiger partial charge in [0.15, 0.2) is 0 Å². The molecule has 2 aromatic rings. The maximum absolute atomic E-state index is 9.31. The Morgan fingerprint density at radius 1 is 1.39 bits per heavy atom. The van der Waals surface area contributed by atoms with Crippen LogP contribution in [0.3, 0.4) is 0 Å². The van der Waals surface area contributed by atoms with Crippen molar-refractivity contribution in [2.24, 2.45) is 0 Å². The normalized spacial score (nSPS) is 14.4. The number of aromatic nitrogens is 1. The van der Waals surface area contributed by atoms with Crippen molar-refractivity contribution in [1.29, 1.82) is 5.26 Å². The number of fused-ring (bicyclic) bond motifs is 1. The van der Waals surface area contributed by atoms with Crippen molar-refractivity contribution in [3.63, 3.8) is 0 Å². The Morgan fingerprint density at radius 2 is 2.17 bits per heavy atom. The molecule has 0 spiro atoms. The first kappa shape index (κ1) is 11.0. The fraction of sp³-hybridized carbons (Fsp3) is 0.333. The quantitative estimate of drug-likeness (QED) is 0.823. The van der Waals surface area contributed by atoms with E-state index in [1.165, 1.54) is 12.8 Å². The number of benzene rings is 1. The number of nitriles is 1. The van der Waals surface area contributed by atoms with Crippen LogP contribution in [0.2, 0.25) is 0 Å². The highest BCUT2D eigenvalue weighted by atomic mass is 15.2. The summed E-state index contributed by atoms with van der Waals surface area (Å²) in [6, 6.07) is 10.9. The lowest BCUT2D eigenvalue weighted by atomic mass is 10.1. The van der Waals surface area contributed by atoms with E-state index in [1.54, 1.807) is 6.20 Å². The van der Waals surface area contributed by atoms with Crippen LogP contribution in [0, 0.1) is 11.3 Å². The predicted octanol–water partition coefficient (Wildman–Crippen LogP) is 3.10. The van der Waals surface area contributed by atoms with E-state index in [0.717, 1.165) is 23.1 Å². The van der Waals surface area contributed by atoms with Gasteiger partial charge in [0, 0.05) is 24.2 Å². The van der Waals surface area contributed by atoms with E-state index in [-0.39, 0.29) is 0 Å². The first-order valence-electron chi connectivity index (χ1n) is 6.39. The Hall–Kier alpha value is -2.08. The SMILES string of the molecule is CCN(c1c(C#N)cnc2ccccc12)C1CC1. The molecule has 1 saturated carbocycles. The third-order valence-corrected chi connectivity index (χ3v) is 3.48. The van der Waals surface area contributed by atoms with Gasteiger partial charge < -0.3 is 4.90 Å². The van der Waals surface area contributed by atoms with E-state index in [4.69, 9.17) is 0 Å². The van der Waals surface area contributed by atoms with Gasteiger partial charge in [-0.05, 0) is 25.8 Å². The minimum atomic E-state index is 0.605. The molecule has 1 aromatic carbocycles. The van der Waals surface area contributed by atoms with Gasteiger partial charge in [0.2, 0.25) is 0 Å². The third kappa shape index (κ3) is 1.70. The van der Waals surface area contributed by atoms with E-state index in [2.05, 4.69) is 28.9 Å². The van der Waals surface area contributed by atoms with Crippen molar-refractivity contribution in [3.8, 4) is 6.07 Å². The number of rotatable bonds is 3. The molecule has 0 aliphatic heterocycles. The van der Waals surface area contributed by atoms with E-state index >= 15 is 0 Å². The van der Waals surface area contributed by atoms with Gasteiger partial charge in [-0.3, -0.25) is 4.98 Å². The molecule has 1 aromatic heterocycles. The largest absolute Gasteiger partial charge is 0.367 e. The summed E-state index contributed by atoms with van der Waals surface area (Å²) >= 11 is 0. The summed E-state index contributed by atoms with van der Waals surface area (Å²) in [5, 5.41) is 10.4. The van der Waals surface area contributed by atoms with Gasteiger partial charge in [-0.25, -0.2) is 0 Å². The smallest absolute Gasteiger partial charge is 0.103 e. The van der Waals surface area contributed by atoms with Crippen molar-refractivity contribution < 1.29 is 0 Å². The Kier molecular flexibility index (Phi) is 2.64. The Labute approximate surface area is 107 Å². The average Bonchev–Trinajstić information content (AvgIpc) is 3.24. The molecule has 3 rings (SSSR count). The highest BCUT2D eigenvalue weighted by Crippen LogP contribution is 2.37. The van der Waals surface area contributed by atoms with Crippen LogP contribution in [0.1, 0.15) is 25.3 Å². The van der Waals surface area contributed by atoms with Crippen LogP contribution in [0.15, 0.2) is 30.5 Å². The molecule has 0 bridgehead atoms. The molecular formula is C15H15N3. The first-order chi connectivity index (χ1) is 8.85. The standard InChI is InChI=1S/C15H15N3/c1-2-18(12-7-8-12)15-11(9-16)10-17-14-6-4-3-5-13(14)15/h3-6,10,12H,2,7-8H2,1H3. The molecule has 0 atom stereocenters. The maximum Gasteiger partial charge on any atom is 0.103 e. The number of anilines is 1. The van der Waals surface area contributed by atoms with Crippen LogP contribution < -0.4 is 4.90 Å². The van der Waals surface area contributed by atoms with Crippen molar-refractivity contribution in [1.82, 2.24) is 4.98 Å². The molecule has 1 aliphatic rings. The minimum absolute atomic E-state index is 0.605. The van der Waals surface area contributed by atoms with Gasteiger partial charge in [0.1, 0.15) is 6.07 Å². The minimum Gasteiger partial charge on any atom is -0.367 e. The lowest BCUT2D eigenvalue weighted by Crippen LogP contribution is -2.26. The topological polar surface area (TPSA) is 39.9 Å². The molecule has 0 unspecified atom stereocenters. The fourth-order valence-corrected chi connectivity index (χ4v) is 2.50. The maximum atomic E-state index is 9.31.